The Kier molecular flexibility index (Phi) is 6.10. The number of hydrogen-bond donors (Lipinski definition) is 1. The second-order valence-corrected chi connectivity index (χ2v) is 9.69. The van der Waals surface area contributed by atoms with E-state index >= 15 is 0 Å². The highest BCUT2D eigenvalue weighted by Crippen LogP contribution is 2.37. The van der Waals surface area contributed by atoms with Crippen molar-refractivity contribution >= 4 is 33.2 Å². The van der Waals surface area contributed by atoms with Crippen LogP contribution in [0.25, 0.3) is 0 Å². The summed E-state index contributed by atoms with van der Waals surface area (Å²) in [6.45, 7) is 5.92. The lowest BCUT2D eigenvalue weighted by Crippen LogP contribution is -2.51. The van der Waals surface area contributed by atoms with Gasteiger partial charge < -0.3 is 10.1 Å². The molecule has 0 bridgehead atoms. The molecule has 0 unspecified atom stereocenters. The molecule has 6 nitrogen and oxygen atoms in total. The number of aryl methyl sites for hydroxylation is 2. The third-order valence-electron chi connectivity index (χ3n) is 5.01. The SMILES string of the molecule is CC[C@@H](NC(=O)[C@@H]1CN(S(C)(=O)=O)c2cc(Cl)ccc2O1)c1ccc(C)cc1C. The van der Waals surface area contributed by atoms with E-state index in [-0.39, 0.29) is 18.5 Å². The summed E-state index contributed by atoms with van der Waals surface area (Å²) in [6.07, 6.45) is 0.838. The van der Waals surface area contributed by atoms with Gasteiger partial charge in [0.15, 0.2) is 6.10 Å². The van der Waals surface area contributed by atoms with Crippen LogP contribution in [-0.4, -0.2) is 33.2 Å². The Balaban J connectivity index is 1.86. The average molecular weight is 437 g/mol. The number of anilines is 1. The predicted octanol–water partition coefficient (Wildman–Crippen LogP) is 3.75. The Labute approximate surface area is 176 Å². The van der Waals surface area contributed by atoms with Gasteiger partial charge in [0.05, 0.1) is 24.5 Å². The molecule has 1 aliphatic heterocycles. The van der Waals surface area contributed by atoms with Crippen LogP contribution in [0.4, 0.5) is 5.69 Å². The smallest absolute Gasteiger partial charge is 0.263 e. The molecule has 2 atom stereocenters. The first kappa shape index (κ1) is 21.5. The normalized spacial score (nSPS) is 17.3. The van der Waals surface area contributed by atoms with E-state index in [1.165, 1.54) is 10.4 Å². The van der Waals surface area contributed by atoms with Crippen molar-refractivity contribution in [1.29, 1.82) is 0 Å². The maximum atomic E-state index is 13.0. The minimum atomic E-state index is -3.61. The topological polar surface area (TPSA) is 75.7 Å². The number of fused-ring (bicyclic) bond motifs is 1. The van der Waals surface area contributed by atoms with Gasteiger partial charge in [-0.1, -0.05) is 42.3 Å². The van der Waals surface area contributed by atoms with Crippen LogP contribution in [-0.2, 0) is 14.8 Å². The number of sulfonamides is 1. The van der Waals surface area contributed by atoms with Crippen molar-refractivity contribution in [2.45, 2.75) is 39.3 Å². The summed E-state index contributed by atoms with van der Waals surface area (Å²) in [4.78, 5) is 13.0. The number of amides is 1. The molecule has 0 spiro atoms. The first-order chi connectivity index (χ1) is 13.6. The molecule has 29 heavy (non-hydrogen) atoms. The zero-order valence-corrected chi connectivity index (χ0v) is 18.5. The van der Waals surface area contributed by atoms with Crippen molar-refractivity contribution in [2.75, 3.05) is 17.1 Å². The predicted molar refractivity (Wildman–Crippen MR) is 115 cm³/mol. The summed E-state index contributed by atoms with van der Waals surface area (Å²) in [5.41, 5.74) is 3.63. The monoisotopic (exact) mass is 436 g/mol. The fourth-order valence-electron chi connectivity index (χ4n) is 3.56. The van der Waals surface area contributed by atoms with Crippen LogP contribution in [0.3, 0.4) is 0 Å². The zero-order valence-electron chi connectivity index (χ0n) is 16.9. The molecule has 0 radical (unpaired) electrons. The van der Waals surface area contributed by atoms with Crippen LogP contribution in [0.2, 0.25) is 5.02 Å². The molecule has 0 aromatic heterocycles. The molecule has 8 heteroatoms. The van der Waals surface area contributed by atoms with E-state index in [0.717, 1.165) is 22.9 Å². The van der Waals surface area contributed by atoms with Crippen molar-refractivity contribution in [2.24, 2.45) is 0 Å². The Bertz CT molecular complexity index is 1040. The third-order valence-corrected chi connectivity index (χ3v) is 6.39. The number of carbonyl (C=O) groups is 1. The fraction of sp³-hybridized carbons (Fsp3) is 0.381. The van der Waals surface area contributed by atoms with Crippen LogP contribution >= 0.6 is 11.6 Å². The summed E-state index contributed by atoms with van der Waals surface area (Å²) < 4.78 is 31.6. The van der Waals surface area contributed by atoms with Gasteiger partial charge in [0.1, 0.15) is 5.75 Å². The van der Waals surface area contributed by atoms with Crippen molar-refractivity contribution in [3.63, 3.8) is 0 Å². The number of halogens is 1. The average Bonchev–Trinajstić information content (AvgIpc) is 2.64. The van der Waals surface area contributed by atoms with E-state index in [4.69, 9.17) is 16.3 Å². The fourth-order valence-corrected chi connectivity index (χ4v) is 4.63. The number of ether oxygens (including phenoxy) is 1. The number of rotatable bonds is 5. The van der Waals surface area contributed by atoms with Gasteiger partial charge >= 0.3 is 0 Å². The Morgan fingerprint density at radius 2 is 2.00 bits per heavy atom. The largest absolute Gasteiger partial charge is 0.476 e. The van der Waals surface area contributed by atoms with E-state index in [2.05, 4.69) is 11.4 Å². The first-order valence-electron chi connectivity index (χ1n) is 9.41. The standard InChI is InChI=1S/C21H25ClN2O4S/c1-5-17(16-8-6-13(2)10-14(16)3)23-21(25)20-12-24(29(4,26)27)18-11-15(22)7-9-19(18)28-20/h6-11,17,20H,5,12H2,1-4H3,(H,23,25)/t17-,20+/m1/s1. The summed E-state index contributed by atoms with van der Waals surface area (Å²) in [5, 5.41) is 3.41. The Morgan fingerprint density at radius 1 is 1.28 bits per heavy atom. The maximum Gasteiger partial charge on any atom is 0.263 e. The van der Waals surface area contributed by atoms with Gasteiger partial charge in [-0.05, 0) is 49.6 Å². The van der Waals surface area contributed by atoms with Gasteiger partial charge in [-0.25, -0.2) is 8.42 Å². The summed E-state index contributed by atoms with van der Waals surface area (Å²) in [6, 6.07) is 10.6. The molecule has 1 aliphatic rings. The molecule has 0 aliphatic carbocycles. The van der Waals surface area contributed by atoms with E-state index in [0.29, 0.717) is 22.9 Å². The first-order valence-corrected chi connectivity index (χ1v) is 11.6. The molecule has 0 saturated carbocycles. The summed E-state index contributed by atoms with van der Waals surface area (Å²) in [5.74, 6) is -0.0446. The maximum absolute atomic E-state index is 13.0. The minimum Gasteiger partial charge on any atom is -0.476 e. The van der Waals surface area contributed by atoms with E-state index < -0.39 is 16.1 Å². The third kappa shape index (κ3) is 4.67. The summed E-state index contributed by atoms with van der Waals surface area (Å²) >= 11 is 6.02. The van der Waals surface area contributed by atoms with Crippen molar-refractivity contribution < 1.29 is 17.9 Å². The highest BCUT2D eigenvalue weighted by molar-refractivity contribution is 7.92. The highest BCUT2D eigenvalue weighted by Gasteiger charge is 2.36. The van der Waals surface area contributed by atoms with Gasteiger partial charge in [0, 0.05) is 5.02 Å². The number of hydrogen-bond acceptors (Lipinski definition) is 4. The van der Waals surface area contributed by atoms with Gasteiger partial charge in [0.2, 0.25) is 10.0 Å². The van der Waals surface area contributed by atoms with Crippen LogP contribution < -0.4 is 14.4 Å². The molecule has 1 N–H and O–H groups in total. The lowest BCUT2D eigenvalue weighted by Gasteiger charge is -2.34. The second kappa shape index (κ2) is 8.24. The van der Waals surface area contributed by atoms with E-state index in [9.17, 15) is 13.2 Å². The van der Waals surface area contributed by atoms with Crippen LogP contribution in [0.5, 0.6) is 5.75 Å². The quantitative estimate of drug-likeness (QED) is 0.774. The number of benzene rings is 2. The molecule has 2 aromatic rings. The molecule has 2 aromatic carbocycles. The van der Waals surface area contributed by atoms with Crippen LogP contribution in [0, 0.1) is 13.8 Å². The molecule has 1 amide bonds. The van der Waals surface area contributed by atoms with Crippen molar-refractivity contribution in [1.82, 2.24) is 5.32 Å². The van der Waals surface area contributed by atoms with E-state index in [1.807, 2.05) is 32.9 Å². The lowest BCUT2D eigenvalue weighted by molar-refractivity contribution is -0.128. The highest BCUT2D eigenvalue weighted by atomic mass is 35.5. The summed E-state index contributed by atoms with van der Waals surface area (Å²) in [7, 11) is -3.61. The second-order valence-electron chi connectivity index (χ2n) is 7.34. The zero-order chi connectivity index (χ0) is 21.3. The Morgan fingerprint density at radius 3 is 2.62 bits per heavy atom. The van der Waals surface area contributed by atoms with Gasteiger partial charge in [0.25, 0.3) is 5.91 Å². The van der Waals surface area contributed by atoms with Gasteiger partial charge in [-0.15, -0.1) is 0 Å². The Hall–Kier alpha value is -2.25. The molecule has 156 valence electrons. The molecule has 0 fully saturated rings. The van der Waals surface area contributed by atoms with Crippen molar-refractivity contribution in [3.8, 4) is 5.75 Å². The van der Waals surface area contributed by atoms with Crippen molar-refractivity contribution in [3.05, 3.63) is 58.1 Å². The molecular formula is C21H25ClN2O4S. The van der Waals surface area contributed by atoms with Crippen LogP contribution in [0.15, 0.2) is 36.4 Å². The van der Waals surface area contributed by atoms with Gasteiger partial charge in [-0.2, -0.15) is 0 Å². The van der Waals surface area contributed by atoms with Gasteiger partial charge in [-0.3, -0.25) is 9.10 Å². The molecular weight excluding hydrogens is 412 g/mol. The van der Waals surface area contributed by atoms with Crippen LogP contribution in [0.1, 0.15) is 36.1 Å². The molecule has 3 rings (SSSR count). The van der Waals surface area contributed by atoms with E-state index in [1.54, 1.807) is 12.1 Å². The number of nitrogens with zero attached hydrogens (tertiary/aromatic N) is 1. The molecule has 0 saturated heterocycles. The minimum absolute atomic E-state index is 0.110. The number of carbonyl (C=O) groups excluding carboxylic acids is 1. The number of nitrogens with one attached hydrogen (secondary N) is 1. The molecule has 1 heterocycles. The lowest BCUT2D eigenvalue weighted by atomic mass is 9.97.